The van der Waals surface area contributed by atoms with Gasteiger partial charge in [-0.3, -0.25) is 9.13 Å². The van der Waals surface area contributed by atoms with Gasteiger partial charge in [0.05, 0.1) is 22.1 Å². The van der Waals surface area contributed by atoms with Gasteiger partial charge in [0, 0.05) is 32.5 Å². The van der Waals surface area contributed by atoms with Gasteiger partial charge in [0.15, 0.2) is 5.82 Å². The molecule has 65 heavy (non-hydrogen) atoms. The Labute approximate surface area is 376 Å². The maximum atomic E-state index is 5.42. The molecule has 0 amide bonds. The number of nitrogens with zero attached hydrogens (tertiary/aromatic N) is 5. The lowest BCUT2D eigenvalue weighted by molar-refractivity contribution is 0.660. The molecule has 5 heteroatoms. The van der Waals surface area contributed by atoms with Crippen molar-refractivity contribution in [3.05, 3.63) is 223 Å². The molecule has 0 aliphatic heterocycles. The van der Waals surface area contributed by atoms with Gasteiger partial charge in [-0.15, -0.1) is 0 Å². The smallest absolute Gasteiger partial charge is 0.240 e. The number of hydrogen-bond donors (Lipinski definition) is 0. The highest BCUT2D eigenvalue weighted by molar-refractivity contribution is 6.11. The fourth-order valence-corrected chi connectivity index (χ4v) is 10.4. The van der Waals surface area contributed by atoms with E-state index in [9.17, 15) is 0 Å². The predicted octanol–water partition coefficient (Wildman–Crippen LogP) is 15.0. The second-order valence-corrected chi connectivity index (χ2v) is 17.7. The van der Waals surface area contributed by atoms with E-state index in [0.29, 0.717) is 17.7 Å². The second kappa shape index (κ2) is 14.3. The zero-order valence-corrected chi connectivity index (χ0v) is 35.9. The number of para-hydroxylation sites is 3. The van der Waals surface area contributed by atoms with Gasteiger partial charge >= 0.3 is 0 Å². The van der Waals surface area contributed by atoms with E-state index in [1.807, 2.05) is 0 Å². The van der Waals surface area contributed by atoms with E-state index in [1.165, 1.54) is 33.4 Å². The first-order valence-electron chi connectivity index (χ1n) is 22.3. The minimum Gasteiger partial charge on any atom is -0.278 e. The molecule has 0 saturated carbocycles. The molecule has 0 atom stereocenters. The quantitative estimate of drug-likeness (QED) is 0.168. The van der Waals surface area contributed by atoms with Crippen LogP contribution in [0.5, 0.6) is 0 Å². The summed E-state index contributed by atoms with van der Waals surface area (Å²) in [6, 6.07) is 76.1. The zero-order chi connectivity index (χ0) is 43.2. The average molecular weight is 832 g/mol. The van der Waals surface area contributed by atoms with Crippen molar-refractivity contribution in [1.82, 2.24) is 24.1 Å². The van der Waals surface area contributed by atoms with Gasteiger partial charge < -0.3 is 0 Å². The molecule has 0 fully saturated rings. The standard InChI is InChI=1S/C60H41N5/c1-60(2)51-26-10-6-22-45(51)46-32-30-42(36-52(46)60)40-19-14-18-39(34-40)41-20-15-21-44(35-41)57-61-58(64-53-27-11-7-23-47(53)48-24-8-12-28-54(48)64)63-59(62-57)65-55-29-13-9-25-49(55)50-33-31-43(37-56(50)65)38-16-4-3-5-17-38/h3-37H,1-2H3. The molecule has 13 rings (SSSR count). The summed E-state index contributed by atoms with van der Waals surface area (Å²) in [6.07, 6.45) is 0. The summed E-state index contributed by atoms with van der Waals surface area (Å²) < 4.78 is 4.40. The van der Waals surface area contributed by atoms with Crippen molar-refractivity contribution in [3.63, 3.8) is 0 Å². The Hall–Kier alpha value is -8.41. The Morgan fingerprint density at radius 1 is 0.308 bits per heavy atom. The first-order chi connectivity index (χ1) is 32.0. The van der Waals surface area contributed by atoms with Crippen molar-refractivity contribution in [2.75, 3.05) is 0 Å². The first-order valence-corrected chi connectivity index (χ1v) is 22.3. The van der Waals surface area contributed by atoms with Crippen molar-refractivity contribution in [3.8, 4) is 67.8 Å². The summed E-state index contributed by atoms with van der Waals surface area (Å²) in [7, 11) is 0. The Kier molecular flexibility index (Phi) is 8.18. The van der Waals surface area contributed by atoms with E-state index < -0.39 is 0 Å². The number of fused-ring (bicyclic) bond motifs is 9. The average Bonchev–Trinajstić information content (AvgIpc) is 3.97. The Morgan fingerprint density at radius 2 is 0.754 bits per heavy atom. The molecule has 0 saturated heterocycles. The van der Waals surface area contributed by atoms with E-state index in [-0.39, 0.29) is 5.41 Å². The SMILES string of the molecule is CC1(C)c2ccccc2-c2ccc(-c3cccc(-c4cccc(-c5nc(-n6c7ccccc7c7ccccc76)nc(-n6c7ccccc7c7ccc(-c8ccccc8)cc76)n5)c4)c3)cc21. The van der Waals surface area contributed by atoms with Gasteiger partial charge in [0.25, 0.3) is 0 Å². The summed E-state index contributed by atoms with van der Waals surface area (Å²) in [4.78, 5) is 16.2. The van der Waals surface area contributed by atoms with E-state index in [0.717, 1.165) is 71.4 Å². The largest absolute Gasteiger partial charge is 0.278 e. The van der Waals surface area contributed by atoms with Gasteiger partial charge in [-0.25, -0.2) is 0 Å². The van der Waals surface area contributed by atoms with Crippen LogP contribution in [-0.2, 0) is 5.41 Å². The van der Waals surface area contributed by atoms with Crippen LogP contribution >= 0.6 is 0 Å². The van der Waals surface area contributed by atoms with Gasteiger partial charge in [0.1, 0.15) is 0 Å². The number of benzene rings is 9. The fourth-order valence-electron chi connectivity index (χ4n) is 10.4. The van der Waals surface area contributed by atoms with Gasteiger partial charge in [-0.1, -0.05) is 184 Å². The minimum atomic E-state index is -0.0707. The number of aromatic nitrogens is 5. The fraction of sp³-hybridized carbons (Fsp3) is 0.0500. The topological polar surface area (TPSA) is 48.5 Å². The van der Waals surface area contributed by atoms with Crippen LogP contribution in [0.25, 0.3) is 111 Å². The third-order valence-corrected chi connectivity index (χ3v) is 13.6. The van der Waals surface area contributed by atoms with Crippen molar-refractivity contribution >= 4 is 43.6 Å². The summed E-state index contributed by atoms with van der Waals surface area (Å²) in [5, 5.41) is 4.57. The predicted molar refractivity (Wildman–Crippen MR) is 268 cm³/mol. The normalized spacial score (nSPS) is 12.9. The van der Waals surface area contributed by atoms with E-state index in [4.69, 9.17) is 15.0 Å². The number of rotatable bonds is 6. The molecule has 0 unspecified atom stereocenters. The lowest BCUT2D eigenvalue weighted by atomic mass is 9.81. The highest BCUT2D eigenvalue weighted by Gasteiger charge is 2.35. The molecule has 306 valence electrons. The molecule has 1 aliphatic carbocycles. The van der Waals surface area contributed by atoms with Crippen LogP contribution in [0.4, 0.5) is 0 Å². The molecule has 3 heterocycles. The second-order valence-electron chi connectivity index (χ2n) is 17.7. The summed E-state index contributed by atoms with van der Waals surface area (Å²) in [5.74, 6) is 1.70. The molecule has 0 bridgehead atoms. The Balaban J connectivity index is 0.994. The summed E-state index contributed by atoms with van der Waals surface area (Å²) >= 11 is 0. The molecule has 9 aromatic carbocycles. The Morgan fingerprint density at radius 3 is 1.40 bits per heavy atom. The van der Waals surface area contributed by atoms with Crippen LogP contribution in [0.1, 0.15) is 25.0 Å². The molecule has 5 nitrogen and oxygen atoms in total. The van der Waals surface area contributed by atoms with Gasteiger partial charge in [0.2, 0.25) is 11.9 Å². The maximum Gasteiger partial charge on any atom is 0.240 e. The first kappa shape index (κ1) is 37.2. The van der Waals surface area contributed by atoms with Gasteiger partial charge in [-0.2, -0.15) is 15.0 Å². The van der Waals surface area contributed by atoms with E-state index in [1.54, 1.807) is 0 Å². The van der Waals surface area contributed by atoms with Crippen molar-refractivity contribution < 1.29 is 0 Å². The summed E-state index contributed by atoms with van der Waals surface area (Å²) in [6.45, 7) is 4.68. The molecule has 0 N–H and O–H groups in total. The third-order valence-electron chi connectivity index (χ3n) is 13.6. The van der Waals surface area contributed by atoms with Crippen LogP contribution in [0, 0.1) is 0 Å². The van der Waals surface area contributed by atoms with Crippen LogP contribution in [0.2, 0.25) is 0 Å². The lowest BCUT2D eigenvalue weighted by Crippen LogP contribution is -2.14. The summed E-state index contributed by atoms with van der Waals surface area (Å²) in [5.41, 5.74) is 17.3. The zero-order valence-electron chi connectivity index (χ0n) is 35.9. The van der Waals surface area contributed by atoms with Crippen molar-refractivity contribution in [2.45, 2.75) is 19.3 Å². The van der Waals surface area contributed by atoms with Crippen molar-refractivity contribution in [1.29, 1.82) is 0 Å². The monoisotopic (exact) mass is 831 g/mol. The van der Waals surface area contributed by atoms with Crippen LogP contribution in [0.15, 0.2) is 212 Å². The molecule has 12 aromatic rings. The molecule has 1 aliphatic rings. The van der Waals surface area contributed by atoms with Crippen LogP contribution in [-0.4, -0.2) is 24.1 Å². The third kappa shape index (κ3) is 5.82. The lowest BCUT2D eigenvalue weighted by Gasteiger charge is -2.22. The van der Waals surface area contributed by atoms with Crippen LogP contribution < -0.4 is 0 Å². The van der Waals surface area contributed by atoms with Crippen molar-refractivity contribution in [2.24, 2.45) is 0 Å². The highest BCUT2D eigenvalue weighted by Crippen LogP contribution is 2.49. The molecule has 3 aromatic heterocycles. The molecular weight excluding hydrogens is 791 g/mol. The number of hydrogen-bond acceptors (Lipinski definition) is 3. The Bertz CT molecular complexity index is 3820. The molecule has 0 spiro atoms. The molecule has 0 radical (unpaired) electrons. The highest BCUT2D eigenvalue weighted by atomic mass is 15.3. The maximum absolute atomic E-state index is 5.42. The molecular formula is C60H41N5. The van der Waals surface area contributed by atoms with E-state index >= 15 is 0 Å². The minimum absolute atomic E-state index is 0.0707. The van der Waals surface area contributed by atoms with Crippen LogP contribution in [0.3, 0.4) is 0 Å². The van der Waals surface area contributed by atoms with E-state index in [2.05, 4.69) is 235 Å². The van der Waals surface area contributed by atoms with Gasteiger partial charge in [-0.05, 0) is 98.1 Å².